The number of benzene rings is 2. The summed E-state index contributed by atoms with van der Waals surface area (Å²) in [6, 6.07) is 21.3. The molecule has 1 unspecified atom stereocenters. The molecule has 0 saturated carbocycles. The maximum atomic E-state index is 4.59. The lowest BCUT2D eigenvalue weighted by Crippen LogP contribution is -2.24. The van der Waals surface area contributed by atoms with E-state index in [0.717, 1.165) is 18.8 Å². The van der Waals surface area contributed by atoms with Crippen LogP contribution in [-0.2, 0) is 6.42 Å². The van der Waals surface area contributed by atoms with E-state index in [1.165, 1.54) is 11.1 Å². The molecule has 2 heteroatoms. The van der Waals surface area contributed by atoms with Crippen LogP contribution in [0.5, 0.6) is 0 Å². The Morgan fingerprint density at radius 2 is 1.61 bits per heavy atom. The molecule has 90 valence electrons. The molecule has 1 aliphatic rings. The van der Waals surface area contributed by atoms with E-state index >= 15 is 0 Å². The molecule has 0 fully saturated rings. The third-order valence-corrected chi connectivity index (χ3v) is 3.22. The summed E-state index contributed by atoms with van der Waals surface area (Å²) in [7, 11) is 0. The smallest absolute Gasteiger partial charge is 0.101 e. The molecule has 1 N–H and O–H groups in total. The summed E-state index contributed by atoms with van der Waals surface area (Å²) in [4.78, 5) is 4.59. The van der Waals surface area contributed by atoms with E-state index in [9.17, 15) is 0 Å². The van der Waals surface area contributed by atoms with E-state index in [0.29, 0.717) is 6.04 Å². The number of aliphatic imine (C=N–C) groups is 1. The van der Waals surface area contributed by atoms with Crippen molar-refractivity contribution in [3.8, 4) is 0 Å². The van der Waals surface area contributed by atoms with Gasteiger partial charge in [-0.3, -0.25) is 4.99 Å². The molecular weight excluding hydrogens is 220 g/mol. The second kappa shape index (κ2) is 5.05. The number of amidine groups is 1. The first-order chi connectivity index (χ1) is 8.92. The van der Waals surface area contributed by atoms with Crippen LogP contribution < -0.4 is 5.32 Å². The fraction of sp³-hybridized carbons (Fsp3) is 0.188. The number of nitrogens with one attached hydrogen (secondary N) is 1. The van der Waals surface area contributed by atoms with Gasteiger partial charge in [0.05, 0.1) is 12.6 Å². The van der Waals surface area contributed by atoms with Gasteiger partial charge >= 0.3 is 0 Å². The molecule has 1 aliphatic heterocycles. The Balaban J connectivity index is 1.65. The zero-order chi connectivity index (χ0) is 12.2. The first-order valence-electron chi connectivity index (χ1n) is 6.30. The first-order valence-corrected chi connectivity index (χ1v) is 6.30. The normalized spacial score (nSPS) is 18.2. The van der Waals surface area contributed by atoms with Gasteiger partial charge < -0.3 is 5.32 Å². The topological polar surface area (TPSA) is 24.4 Å². The van der Waals surface area contributed by atoms with Crippen molar-refractivity contribution in [2.45, 2.75) is 12.5 Å². The van der Waals surface area contributed by atoms with Gasteiger partial charge in [0.15, 0.2) is 0 Å². The van der Waals surface area contributed by atoms with Crippen LogP contribution in [0.2, 0.25) is 0 Å². The fourth-order valence-electron chi connectivity index (χ4n) is 2.26. The van der Waals surface area contributed by atoms with Crippen LogP contribution in [0.4, 0.5) is 0 Å². The molecule has 1 atom stereocenters. The second-order valence-electron chi connectivity index (χ2n) is 4.56. The quantitative estimate of drug-likeness (QED) is 0.870. The van der Waals surface area contributed by atoms with Crippen molar-refractivity contribution in [2.75, 3.05) is 6.54 Å². The van der Waals surface area contributed by atoms with E-state index in [2.05, 4.69) is 58.8 Å². The molecule has 18 heavy (non-hydrogen) atoms. The first kappa shape index (κ1) is 11.0. The van der Waals surface area contributed by atoms with Crippen LogP contribution in [-0.4, -0.2) is 12.4 Å². The van der Waals surface area contributed by atoms with Gasteiger partial charge in [0.25, 0.3) is 0 Å². The number of rotatable bonds is 3. The molecule has 0 aromatic heterocycles. The summed E-state index contributed by atoms with van der Waals surface area (Å²) in [5.41, 5.74) is 2.61. The highest BCUT2D eigenvalue weighted by Crippen LogP contribution is 2.17. The minimum atomic E-state index is 0.338. The van der Waals surface area contributed by atoms with Crippen LogP contribution in [0.1, 0.15) is 17.2 Å². The van der Waals surface area contributed by atoms with Crippen molar-refractivity contribution in [1.29, 1.82) is 0 Å². The van der Waals surface area contributed by atoms with Gasteiger partial charge in [-0.05, 0) is 11.1 Å². The lowest BCUT2D eigenvalue weighted by molar-refractivity contribution is 0.706. The molecule has 2 aromatic carbocycles. The van der Waals surface area contributed by atoms with Crippen LogP contribution in [0.15, 0.2) is 65.7 Å². The van der Waals surface area contributed by atoms with E-state index in [-0.39, 0.29) is 0 Å². The maximum Gasteiger partial charge on any atom is 0.101 e. The van der Waals surface area contributed by atoms with Gasteiger partial charge in [-0.15, -0.1) is 0 Å². The predicted molar refractivity (Wildman–Crippen MR) is 74.8 cm³/mol. The van der Waals surface area contributed by atoms with Crippen molar-refractivity contribution in [2.24, 2.45) is 4.99 Å². The zero-order valence-electron chi connectivity index (χ0n) is 10.2. The van der Waals surface area contributed by atoms with Crippen LogP contribution in [0, 0.1) is 0 Å². The highest BCUT2D eigenvalue weighted by atomic mass is 15.1. The van der Waals surface area contributed by atoms with Gasteiger partial charge in [0, 0.05) is 6.42 Å². The van der Waals surface area contributed by atoms with Gasteiger partial charge in [-0.1, -0.05) is 60.7 Å². The monoisotopic (exact) mass is 236 g/mol. The molecule has 2 nitrogen and oxygen atoms in total. The molecule has 2 aromatic rings. The lowest BCUT2D eigenvalue weighted by Gasteiger charge is -2.12. The molecule has 3 rings (SSSR count). The van der Waals surface area contributed by atoms with Crippen molar-refractivity contribution >= 4 is 5.84 Å². The Hall–Kier alpha value is -2.09. The van der Waals surface area contributed by atoms with Gasteiger partial charge in [0.2, 0.25) is 0 Å². The second-order valence-corrected chi connectivity index (χ2v) is 4.56. The third kappa shape index (κ3) is 2.43. The van der Waals surface area contributed by atoms with Gasteiger partial charge in [-0.2, -0.15) is 0 Å². The third-order valence-electron chi connectivity index (χ3n) is 3.22. The number of hydrogen-bond acceptors (Lipinski definition) is 2. The van der Waals surface area contributed by atoms with E-state index in [1.54, 1.807) is 0 Å². The Labute approximate surface area is 107 Å². The van der Waals surface area contributed by atoms with E-state index in [4.69, 9.17) is 0 Å². The molecule has 0 bridgehead atoms. The molecule has 0 aliphatic carbocycles. The summed E-state index contributed by atoms with van der Waals surface area (Å²) < 4.78 is 0. The summed E-state index contributed by atoms with van der Waals surface area (Å²) in [6.45, 7) is 0.839. The molecule has 0 amide bonds. The molecular formula is C16H16N2. The molecule has 0 saturated heterocycles. The van der Waals surface area contributed by atoms with Gasteiger partial charge in [0.1, 0.15) is 5.84 Å². The number of hydrogen-bond donors (Lipinski definition) is 1. The number of nitrogens with zero attached hydrogens (tertiary/aromatic N) is 1. The van der Waals surface area contributed by atoms with Crippen LogP contribution in [0.25, 0.3) is 0 Å². The van der Waals surface area contributed by atoms with E-state index < -0.39 is 0 Å². The minimum absolute atomic E-state index is 0.338. The molecule has 0 spiro atoms. The van der Waals surface area contributed by atoms with Crippen LogP contribution in [0.3, 0.4) is 0 Å². The summed E-state index contributed by atoms with van der Waals surface area (Å²) in [5.74, 6) is 1.09. The largest absolute Gasteiger partial charge is 0.365 e. The van der Waals surface area contributed by atoms with Crippen molar-refractivity contribution in [3.05, 3.63) is 71.8 Å². The maximum absolute atomic E-state index is 4.59. The summed E-state index contributed by atoms with van der Waals surface area (Å²) in [6.07, 6.45) is 0.893. The zero-order valence-corrected chi connectivity index (χ0v) is 10.2. The van der Waals surface area contributed by atoms with Crippen molar-refractivity contribution < 1.29 is 0 Å². The van der Waals surface area contributed by atoms with Gasteiger partial charge in [-0.25, -0.2) is 0 Å². The van der Waals surface area contributed by atoms with Crippen LogP contribution >= 0.6 is 0 Å². The summed E-state index contributed by atoms with van der Waals surface area (Å²) >= 11 is 0. The molecule has 1 heterocycles. The standard InChI is InChI=1S/C16H16N2/c1-3-7-13(8-4-1)11-16-17-12-15(18-16)14-9-5-2-6-10-14/h1-10,15H,11-12H2,(H,17,18). The SMILES string of the molecule is c1ccc(CC2=NCC(c3ccccc3)N2)cc1. The highest BCUT2D eigenvalue weighted by Gasteiger charge is 2.18. The predicted octanol–water partition coefficient (Wildman–Crippen LogP) is 2.97. The van der Waals surface area contributed by atoms with Crippen molar-refractivity contribution in [1.82, 2.24) is 5.32 Å². The van der Waals surface area contributed by atoms with E-state index in [1.807, 2.05) is 12.1 Å². The fourth-order valence-corrected chi connectivity index (χ4v) is 2.26. The Bertz CT molecular complexity index is 532. The Kier molecular flexibility index (Phi) is 3.09. The van der Waals surface area contributed by atoms with Crippen molar-refractivity contribution in [3.63, 3.8) is 0 Å². The Morgan fingerprint density at radius 3 is 2.33 bits per heavy atom. The summed E-state index contributed by atoms with van der Waals surface area (Å²) in [5, 5.41) is 3.51. The highest BCUT2D eigenvalue weighted by molar-refractivity contribution is 5.86. The Morgan fingerprint density at radius 1 is 0.944 bits per heavy atom. The lowest BCUT2D eigenvalue weighted by atomic mass is 10.1. The average molecular weight is 236 g/mol. The average Bonchev–Trinajstić information content (AvgIpc) is 2.89. The minimum Gasteiger partial charge on any atom is -0.365 e. The molecule has 0 radical (unpaired) electrons.